The quantitative estimate of drug-likeness (QED) is 0.525. The van der Waals surface area contributed by atoms with Gasteiger partial charge in [0.15, 0.2) is 0 Å². The number of nitrogens with two attached hydrogens (primary N) is 1. The fraction of sp³-hybridized carbons (Fsp3) is 0.474. The van der Waals surface area contributed by atoms with Crippen molar-refractivity contribution in [2.75, 3.05) is 17.2 Å². The molecule has 0 spiro atoms. The second-order valence-corrected chi connectivity index (χ2v) is 9.10. The van der Waals surface area contributed by atoms with E-state index in [-0.39, 0.29) is 5.54 Å². The van der Waals surface area contributed by atoms with Gasteiger partial charge in [0.1, 0.15) is 5.82 Å². The van der Waals surface area contributed by atoms with Crippen LogP contribution in [-0.4, -0.2) is 33.3 Å². The van der Waals surface area contributed by atoms with Crippen LogP contribution >= 0.6 is 11.3 Å². The third kappa shape index (κ3) is 3.68. The minimum Gasteiger partial charge on any atom is -0.379 e. The summed E-state index contributed by atoms with van der Waals surface area (Å²) in [6.45, 7) is 7.07. The van der Waals surface area contributed by atoms with Crippen molar-refractivity contribution in [1.29, 1.82) is 0 Å². The minimum absolute atomic E-state index is 0.0517. The Bertz CT molecular complexity index is 889. The number of rotatable bonds is 6. The normalized spacial score (nSPS) is 16.0. The van der Waals surface area contributed by atoms with Crippen LogP contribution in [0.1, 0.15) is 33.6 Å². The van der Waals surface area contributed by atoms with Crippen LogP contribution in [-0.2, 0) is 0 Å². The molecule has 5 N–H and O–H groups in total. The van der Waals surface area contributed by atoms with Gasteiger partial charge in [-0.15, -0.1) is 11.3 Å². The maximum absolute atomic E-state index is 6.02. The largest absolute Gasteiger partial charge is 0.379 e. The maximum Gasteiger partial charge on any atom is 0.129 e. The van der Waals surface area contributed by atoms with Crippen molar-refractivity contribution in [3.63, 3.8) is 0 Å². The van der Waals surface area contributed by atoms with Crippen LogP contribution in [0, 0.1) is 5.92 Å². The molecular formula is C19H26N6S. The molecule has 3 aromatic rings. The number of pyridine rings is 1. The van der Waals surface area contributed by atoms with Gasteiger partial charge in [-0.1, -0.05) is 0 Å². The van der Waals surface area contributed by atoms with E-state index in [9.17, 15) is 0 Å². The molecule has 6 nitrogen and oxygen atoms in total. The third-order valence-electron chi connectivity index (χ3n) is 4.53. The molecule has 1 fully saturated rings. The zero-order chi connectivity index (χ0) is 18.3. The molecule has 0 aromatic carbocycles. The molecule has 26 heavy (non-hydrogen) atoms. The Hall–Kier alpha value is -2.12. The number of anilines is 2. The lowest BCUT2D eigenvalue weighted by Crippen LogP contribution is -2.31. The number of aromatic nitrogens is 3. The summed E-state index contributed by atoms with van der Waals surface area (Å²) in [4.78, 5) is 5.97. The maximum atomic E-state index is 6.02. The predicted molar refractivity (Wildman–Crippen MR) is 110 cm³/mol. The van der Waals surface area contributed by atoms with Crippen molar-refractivity contribution in [3.8, 4) is 10.6 Å². The van der Waals surface area contributed by atoms with E-state index in [2.05, 4.69) is 53.7 Å². The van der Waals surface area contributed by atoms with Crippen LogP contribution < -0.4 is 16.4 Å². The number of fused-ring (bicyclic) bond motifs is 1. The van der Waals surface area contributed by atoms with Crippen LogP contribution in [0.3, 0.4) is 0 Å². The fourth-order valence-electron chi connectivity index (χ4n) is 3.17. The molecule has 1 unspecified atom stereocenters. The highest BCUT2D eigenvalue weighted by molar-refractivity contribution is 7.22. The van der Waals surface area contributed by atoms with Crippen molar-refractivity contribution >= 4 is 33.1 Å². The Labute approximate surface area is 157 Å². The van der Waals surface area contributed by atoms with Gasteiger partial charge in [0.05, 0.1) is 26.5 Å². The lowest BCUT2D eigenvalue weighted by Gasteiger charge is -2.23. The second-order valence-electron chi connectivity index (χ2n) is 8.05. The molecule has 0 bridgehead atoms. The molecule has 0 amide bonds. The van der Waals surface area contributed by atoms with Crippen molar-refractivity contribution in [2.45, 2.75) is 45.2 Å². The summed E-state index contributed by atoms with van der Waals surface area (Å²) in [6, 6.07) is 6.55. The average molecular weight is 371 g/mol. The van der Waals surface area contributed by atoms with Gasteiger partial charge in [0.2, 0.25) is 0 Å². The van der Waals surface area contributed by atoms with Gasteiger partial charge in [0.25, 0.3) is 0 Å². The highest BCUT2D eigenvalue weighted by atomic mass is 32.1. The standard InChI is InChI=1S/C19H26N6S/c1-19(2,3)24-17-9-14(22-15(10-20)11-4-5-11)18-13(23-17)8-16(26-18)12-6-7-21-25-12/h6-9,11,15H,4-5,10,20H2,1-3H3,(H,21,25)(H2,22,23,24). The van der Waals surface area contributed by atoms with Gasteiger partial charge in [0, 0.05) is 30.4 Å². The van der Waals surface area contributed by atoms with Crippen molar-refractivity contribution < 1.29 is 0 Å². The first-order valence-electron chi connectivity index (χ1n) is 9.12. The fourth-order valence-corrected chi connectivity index (χ4v) is 4.22. The average Bonchev–Trinajstić information content (AvgIpc) is 3.08. The minimum atomic E-state index is -0.0517. The van der Waals surface area contributed by atoms with E-state index in [0.29, 0.717) is 18.5 Å². The summed E-state index contributed by atoms with van der Waals surface area (Å²) < 4.78 is 1.16. The monoisotopic (exact) mass is 370 g/mol. The van der Waals surface area contributed by atoms with E-state index in [1.165, 1.54) is 12.8 Å². The van der Waals surface area contributed by atoms with Gasteiger partial charge in [-0.3, -0.25) is 5.10 Å². The van der Waals surface area contributed by atoms with Gasteiger partial charge < -0.3 is 16.4 Å². The van der Waals surface area contributed by atoms with Gasteiger partial charge in [-0.25, -0.2) is 4.98 Å². The Morgan fingerprint density at radius 1 is 1.35 bits per heavy atom. The molecule has 1 saturated carbocycles. The topological polar surface area (TPSA) is 91.6 Å². The SMILES string of the molecule is CC(C)(C)Nc1cc(NC(CN)C2CC2)c2sc(-c3ccn[nH]3)cc2n1. The predicted octanol–water partition coefficient (Wildman–Crippen LogP) is 4.05. The molecule has 0 radical (unpaired) electrons. The van der Waals surface area contributed by atoms with Crippen molar-refractivity contribution in [1.82, 2.24) is 15.2 Å². The zero-order valence-electron chi connectivity index (χ0n) is 15.5. The number of aromatic amines is 1. The summed E-state index contributed by atoms with van der Waals surface area (Å²) in [5.41, 5.74) is 9.09. The Morgan fingerprint density at radius 3 is 2.77 bits per heavy atom. The highest BCUT2D eigenvalue weighted by Crippen LogP contribution is 2.40. The van der Waals surface area contributed by atoms with Gasteiger partial charge >= 0.3 is 0 Å². The molecule has 0 saturated heterocycles. The molecule has 3 aromatic heterocycles. The van der Waals surface area contributed by atoms with Crippen molar-refractivity contribution in [3.05, 3.63) is 24.4 Å². The molecule has 0 aliphatic heterocycles. The molecule has 1 aliphatic rings. The first-order chi connectivity index (χ1) is 12.4. The molecule has 7 heteroatoms. The number of nitrogens with zero attached hydrogens (tertiary/aromatic N) is 2. The first kappa shape index (κ1) is 17.3. The van der Waals surface area contributed by atoms with Gasteiger partial charge in [-0.2, -0.15) is 5.10 Å². The summed E-state index contributed by atoms with van der Waals surface area (Å²) in [5.74, 6) is 1.57. The van der Waals surface area contributed by atoms with Crippen LogP contribution in [0.4, 0.5) is 11.5 Å². The van der Waals surface area contributed by atoms with Crippen LogP contribution in [0.25, 0.3) is 20.8 Å². The molecule has 4 rings (SSSR count). The molecule has 1 aliphatic carbocycles. The Balaban J connectivity index is 1.77. The molecule has 138 valence electrons. The van der Waals surface area contributed by atoms with Gasteiger partial charge in [-0.05, 0) is 51.7 Å². The lowest BCUT2D eigenvalue weighted by atomic mass is 10.1. The van der Waals surface area contributed by atoms with E-state index in [1.54, 1.807) is 17.5 Å². The molecule has 1 atom stereocenters. The molecular weight excluding hydrogens is 344 g/mol. The van der Waals surface area contributed by atoms with E-state index in [0.717, 1.165) is 32.3 Å². The van der Waals surface area contributed by atoms with Crippen molar-refractivity contribution in [2.24, 2.45) is 11.7 Å². The Kier molecular flexibility index (Phi) is 4.36. The molecule has 3 heterocycles. The van der Waals surface area contributed by atoms with E-state index in [4.69, 9.17) is 10.7 Å². The summed E-state index contributed by atoms with van der Waals surface area (Å²) in [6.07, 6.45) is 4.30. The first-order valence-corrected chi connectivity index (χ1v) is 9.94. The number of hydrogen-bond donors (Lipinski definition) is 4. The summed E-state index contributed by atoms with van der Waals surface area (Å²) >= 11 is 1.73. The van der Waals surface area contributed by atoms with Crippen LogP contribution in [0.2, 0.25) is 0 Å². The van der Waals surface area contributed by atoms with Crippen LogP contribution in [0.5, 0.6) is 0 Å². The smallest absolute Gasteiger partial charge is 0.129 e. The van der Waals surface area contributed by atoms with E-state index >= 15 is 0 Å². The lowest BCUT2D eigenvalue weighted by molar-refractivity contribution is 0.630. The third-order valence-corrected chi connectivity index (χ3v) is 5.73. The second kappa shape index (κ2) is 6.55. The summed E-state index contributed by atoms with van der Waals surface area (Å²) in [7, 11) is 0. The number of H-pyrrole nitrogens is 1. The van der Waals surface area contributed by atoms with E-state index in [1.807, 2.05) is 6.07 Å². The summed E-state index contributed by atoms with van der Waals surface area (Å²) in [5, 5.41) is 14.3. The number of hydrogen-bond acceptors (Lipinski definition) is 6. The number of nitrogens with one attached hydrogen (secondary N) is 3. The highest BCUT2D eigenvalue weighted by Gasteiger charge is 2.30. The Morgan fingerprint density at radius 2 is 2.15 bits per heavy atom. The van der Waals surface area contributed by atoms with E-state index < -0.39 is 0 Å². The zero-order valence-corrected chi connectivity index (χ0v) is 16.3. The van der Waals surface area contributed by atoms with Crippen LogP contribution in [0.15, 0.2) is 24.4 Å². The number of thiophene rings is 1.